The van der Waals surface area contributed by atoms with Crippen LogP contribution in [0.25, 0.3) is 0 Å². The summed E-state index contributed by atoms with van der Waals surface area (Å²) >= 11 is 0. The van der Waals surface area contributed by atoms with Crippen LogP contribution in [0.4, 0.5) is 0 Å². The van der Waals surface area contributed by atoms with Crippen LogP contribution in [0.15, 0.2) is 18.9 Å². The average Bonchev–Trinajstić information content (AvgIpc) is 3.03. The van der Waals surface area contributed by atoms with Crippen molar-refractivity contribution >= 4 is 5.91 Å². The number of nitrogens with one attached hydrogen (secondary N) is 1. The third-order valence-corrected chi connectivity index (χ3v) is 3.95. The van der Waals surface area contributed by atoms with E-state index < -0.39 is 0 Å². The Bertz CT molecular complexity index is 508. The van der Waals surface area contributed by atoms with E-state index in [1.165, 1.54) is 0 Å². The molecule has 2 heterocycles. The molecular formula is C16H25N3O2. The number of aromatic nitrogens is 2. The molecule has 0 bridgehead atoms. The Hall–Kier alpha value is -1.62. The molecule has 2 atom stereocenters. The van der Waals surface area contributed by atoms with Crippen molar-refractivity contribution in [3.63, 3.8) is 0 Å². The maximum Gasteiger partial charge on any atom is 0.255 e. The van der Waals surface area contributed by atoms with Crippen LogP contribution in [-0.2, 0) is 11.3 Å². The van der Waals surface area contributed by atoms with Gasteiger partial charge in [-0.05, 0) is 25.7 Å². The summed E-state index contributed by atoms with van der Waals surface area (Å²) < 4.78 is 7.41. The molecule has 1 aromatic heterocycles. The number of carbonyl (C=O) groups is 1. The zero-order chi connectivity index (χ0) is 15.4. The van der Waals surface area contributed by atoms with Crippen LogP contribution in [0.3, 0.4) is 0 Å². The Labute approximate surface area is 126 Å². The summed E-state index contributed by atoms with van der Waals surface area (Å²) in [5.41, 5.74) is 1.57. The molecule has 1 aromatic rings. The summed E-state index contributed by atoms with van der Waals surface area (Å²) in [6, 6.07) is 0.00779. The summed E-state index contributed by atoms with van der Waals surface area (Å²) in [6.07, 6.45) is 5.19. The van der Waals surface area contributed by atoms with Gasteiger partial charge < -0.3 is 10.1 Å². The second-order valence-corrected chi connectivity index (χ2v) is 5.99. The Kier molecular flexibility index (Phi) is 5.17. The Morgan fingerprint density at radius 1 is 1.67 bits per heavy atom. The van der Waals surface area contributed by atoms with Gasteiger partial charge in [-0.3, -0.25) is 9.48 Å². The van der Waals surface area contributed by atoms with Gasteiger partial charge in [-0.15, -0.1) is 6.58 Å². The number of aryl methyl sites for hydroxylation is 1. The van der Waals surface area contributed by atoms with Crippen molar-refractivity contribution in [3.05, 3.63) is 30.1 Å². The normalized spacial score (nSPS) is 21.7. The highest BCUT2D eigenvalue weighted by Crippen LogP contribution is 2.16. The number of hydrogen-bond acceptors (Lipinski definition) is 3. The monoisotopic (exact) mass is 291 g/mol. The molecule has 0 aliphatic carbocycles. The molecule has 0 saturated carbocycles. The Morgan fingerprint density at radius 3 is 3.10 bits per heavy atom. The van der Waals surface area contributed by atoms with Gasteiger partial charge in [0.25, 0.3) is 5.91 Å². The lowest BCUT2D eigenvalue weighted by Gasteiger charge is -2.16. The fourth-order valence-corrected chi connectivity index (χ4v) is 2.52. The molecular weight excluding hydrogens is 266 g/mol. The van der Waals surface area contributed by atoms with Gasteiger partial charge in [0, 0.05) is 18.8 Å². The molecule has 1 aliphatic heterocycles. The van der Waals surface area contributed by atoms with Gasteiger partial charge in [-0.1, -0.05) is 19.9 Å². The number of carbonyl (C=O) groups excluding carboxylic acids is 1. The minimum absolute atomic E-state index is 0.00779. The van der Waals surface area contributed by atoms with Crippen molar-refractivity contribution < 1.29 is 9.53 Å². The molecule has 0 aromatic carbocycles. The molecule has 1 fully saturated rings. The first kappa shape index (κ1) is 15.8. The number of nitrogens with zero attached hydrogens (tertiary/aromatic N) is 2. The highest BCUT2D eigenvalue weighted by Gasteiger charge is 2.28. The molecule has 0 radical (unpaired) electrons. The van der Waals surface area contributed by atoms with Crippen LogP contribution >= 0.6 is 0 Å². The average molecular weight is 291 g/mol. The highest BCUT2D eigenvalue weighted by atomic mass is 16.5. The van der Waals surface area contributed by atoms with E-state index in [0.717, 1.165) is 25.1 Å². The standard InChI is InChI=1S/C16H25N3O2/c1-5-15-14(7-9-21-15)18-16(20)13-10-17-19(12(13)4)8-6-11(2)3/h5,10-11,14-15H,1,6-9H2,2-4H3,(H,18,20)/t14-,15+/m1/s1. The van der Waals surface area contributed by atoms with Crippen LogP contribution in [0.1, 0.15) is 42.7 Å². The number of hydrogen-bond donors (Lipinski definition) is 1. The molecule has 0 spiro atoms. The first-order valence-corrected chi connectivity index (χ1v) is 7.60. The smallest absolute Gasteiger partial charge is 0.255 e. The van der Waals surface area contributed by atoms with Crippen molar-refractivity contribution in [2.24, 2.45) is 5.92 Å². The molecule has 1 aliphatic rings. The quantitative estimate of drug-likeness (QED) is 0.818. The van der Waals surface area contributed by atoms with E-state index in [1.54, 1.807) is 12.3 Å². The molecule has 5 nitrogen and oxygen atoms in total. The Morgan fingerprint density at radius 2 is 2.43 bits per heavy atom. The summed E-state index contributed by atoms with van der Waals surface area (Å²) in [6.45, 7) is 11.6. The maximum atomic E-state index is 12.4. The fraction of sp³-hybridized carbons (Fsp3) is 0.625. The Balaban J connectivity index is 2.01. The number of amides is 1. The second kappa shape index (κ2) is 6.89. The summed E-state index contributed by atoms with van der Waals surface area (Å²) in [5.74, 6) is 0.542. The van der Waals surface area contributed by atoms with Gasteiger partial charge in [0.1, 0.15) is 0 Å². The zero-order valence-electron chi connectivity index (χ0n) is 13.1. The van der Waals surface area contributed by atoms with Crippen molar-refractivity contribution in [3.8, 4) is 0 Å². The van der Waals surface area contributed by atoms with Gasteiger partial charge in [0.2, 0.25) is 0 Å². The largest absolute Gasteiger partial charge is 0.372 e. The van der Waals surface area contributed by atoms with Crippen LogP contribution < -0.4 is 5.32 Å². The van der Waals surface area contributed by atoms with Gasteiger partial charge in [0.15, 0.2) is 0 Å². The summed E-state index contributed by atoms with van der Waals surface area (Å²) in [7, 11) is 0. The van der Waals surface area contributed by atoms with Gasteiger partial charge >= 0.3 is 0 Å². The topological polar surface area (TPSA) is 56.1 Å². The first-order valence-electron chi connectivity index (χ1n) is 7.60. The van der Waals surface area contributed by atoms with Crippen LogP contribution in [0.5, 0.6) is 0 Å². The van der Waals surface area contributed by atoms with Crippen molar-refractivity contribution in [2.75, 3.05) is 6.61 Å². The fourth-order valence-electron chi connectivity index (χ4n) is 2.52. The second-order valence-electron chi connectivity index (χ2n) is 5.99. The minimum atomic E-state index is -0.0924. The van der Waals surface area contributed by atoms with Crippen molar-refractivity contribution in [2.45, 2.75) is 52.3 Å². The molecule has 21 heavy (non-hydrogen) atoms. The molecule has 1 N–H and O–H groups in total. The predicted molar refractivity (Wildman–Crippen MR) is 82.2 cm³/mol. The lowest BCUT2D eigenvalue weighted by Crippen LogP contribution is -2.39. The van der Waals surface area contributed by atoms with E-state index in [1.807, 2.05) is 11.6 Å². The molecule has 1 saturated heterocycles. The SMILES string of the molecule is C=C[C@@H]1OCC[C@H]1NC(=O)c1cnn(CCC(C)C)c1C. The maximum absolute atomic E-state index is 12.4. The molecule has 116 valence electrons. The number of ether oxygens (including phenoxy) is 1. The number of rotatable bonds is 6. The molecule has 2 rings (SSSR count). The van der Waals surface area contributed by atoms with E-state index in [-0.39, 0.29) is 18.1 Å². The van der Waals surface area contributed by atoms with Gasteiger partial charge in [-0.2, -0.15) is 5.10 Å². The summed E-state index contributed by atoms with van der Waals surface area (Å²) in [5, 5.41) is 7.35. The van der Waals surface area contributed by atoms with Gasteiger partial charge in [-0.25, -0.2) is 0 Å². The minimum Gasteiger partial charge on any atom is -0.372 e. The first-order chi connectivity index (χ1) is 10.0. The third-order valence-electron chi connectivity index (χ3n) is 3.95. The van der Waals surface area contributed by atoms with E-state index in [2.05, 4.69) is 30.8 Å². The van der Waals surface area contributed by atoms with E-state index in [4.69, 9.17) is 4.74 Å². The van der Waals surface area contributed by atoms with Crippen molar-refractivity contribution in [1.82, 2.24) is 15.1 Å². The molecule has 5 heteroatoms. The van der Waals surface area contributed by atoms with E-state index in [9.17, 15) is 4.79 Å². The van der Waals surface area contributed by atoms with Gasteiger partial charge in [0.05, 0.1) is 23.9 Å². The zero-order valence-corrected chi connectivity index (χ0v) is 13.1. The highest BCUT2D eigenvalue weighted by molar-refractivity contribution is 5.95. The third kappa shape index (κ3) is 3.73. The lowest BCUT2D eigenvalue weighted by molar-refractivity contribution is 0.0899. The van der Waals surface area contributed by atoms with Crippen LogP contribution in [0, 0.1) is 12.8 Å². The molecule has 0 unspecified atom stereocenters. The van der Waals surface area contributed by atoms with Crippen molar-refractivity contribution in [1.29, 1.82) is 0 Å². The lowest BCUT2D eigenvalue weighted by atomic mass is 10.1. The predicted octanol–water partition coefficient (Wildman–Crippen LogP) is 2.31. The van der Waals surface area contributed by atoms with Crippen LogP contribution in [-0.4, -0.2) is 34.4 Å². The molecule has 1 amide bonds. The van der Waals surface area contributed by atoms with Crippen LogP contribution in [0.2, 0.25) is 0 Å². The van der Waals surface area contributed by atoms with E-state index >= 15 is 0 Å². The van der Waals surface area contributed by atoms with E-state index in [0.29, 0.717) is 18.1 Å². The summed E-state index contributed by atoms with van der Waals surface area (Å²) in [4.78, 5) is 12.4.